The molecule has 16 heavy (non-hydrogen) atoms. The summed E-state index contributed by atoms with van der Waals surface area (Å²) in [6.07, 6.45) is 3.22. The van der Waals surface area contributed by atoms with Crippen molar-refractivity contribution in [1.82, 2.24) is 10.6 Å². The van der Waals surface area contributed by atoms with Gasteiger partial charge in [0.15, 0.2) is 0 Å². The molecule has 0 radical (unpaired) electrons. The van der Waals surface area contributed by atoms with Gasteiger partial charge in [-0.1, -0.05) is 0 Å². The summed E-state index contributed by atoms with van der Waals surface area (Å²) in [6, 6.07) is 0. The van der Waals surface area contributed by atoms with Crippen molar-refractivity contribution in [1.29, 1.82) is 0 Å². The molecule has 0 aromatic rings. The lowest BCUT2D eigenvalue weighted by molar-refractivity contribution is -0.127. The fourth-order valence-electron chi connectivity index (χ4n) is 2.41. The van der Waals surface area contributed by atoms with E-state index in [4.69, 9.17) is 9.47 Å². The summed E-state index contributed by atoms with van der Waals surface area (Å²) >= 11 is 0. The molecule has 0 aromatic carbocycles. The van der Waals surface area contributed by atoms with Crippen molar-refractivity contribution in [3.05, 3.63) is 0 Å². The molecular formula is C11H20N2O3. The molecule has 0 aliphatic carbocycles. The molecule has 2 aliphatic rings. The van der Waals surface area contributed by atoms with Crippen LogP contribution in [0, 0.1) is 0 Å². The minimum Gasteiger partial charge on any atom is -0.371 e. The van der Waals surface area contributed by atoms with Crippen LogP contribution in [0.2, 0.25) is 0 Å². The van der Waals surface area contributed by atoms with E-state index in [1.807, 2.05) is 0 Å². The first-order chi connectivity index (χ1) is 7.74. The monoisotopic (exact) mass is 228 g/mol. The Hall–Kier alpha value is -0.650. The summed E-state index contributed by atoms with van der Waals surface area (Å²) < 4.78 is 11.4. The van der Waals surface area contributed by atoms with Crippen molar-refractivity contribution >= 4 is 5.91 Å². The van der Waals surface area contributed by atoms with Crippen LogP contribution in [0.1, 0.15) is 19.3 Å². The average Bonchev–Trinajstić information content (AvgIpc) is 2.70. The molecule has 2 atom stereocenters. The van der Waals surface area contributed by atoms with Gasteiger partial charge in [-0.2, -0.15) is 0 Å². The van der Waals surface area contributed by atoms with Crippen LogP contribution in [-0.4, -0.2) is 51.0 Å². The fraction of sp³-hybridized carbons (Fsp3) is 0.909. The van der Waals surface area contributed by atoms with Crippen molar-refractivity contribution < 1.29 is 14.3 Å². The molecule has 0 unspecified atom stereocenters. The lowest BCUT2D eigenvalue weighted by Crippen LogP contribution is -2.45. The minimum absolute atomic E-state index is 0.0361. The van der Waals surface area contributed by atoms with E-state index >= 15 is 0 Å². The van der Waals surface area contributed by atoms with Crippen LogP contribution >= 0.6 is 0 Å². The summed E-state index contributed by atoms with van der Waals surface area (Å²) in [5.41, 5.74) is -0.0361. The van der Waals surface area contributed by atoms with Crippen LogP contribution in [0.15, 0.2) is 0 Å². The molecule has 5 nitrogen and oxygen atoms in total. The summed E-state index contributed by atoms with van der Waals surface area (Å²) in [5, 5.41) is 5.90. The van der Waals surface area contributed by atoms with Gasteiger partial charge in [0.05, 0.1) is 18.3 Å². The zero-order valence-corrected chi connectivity index (χ0v) is 9.75. The molecule has 1 amide bonds. The highest BCUT2D eigenvalue weighted by atomic mass is 16.6. The normalized spacial score (nSPS) is 34.2. The van der Waals surface area contributed by atoms with Crippen molar-refractivity contribution in [2.75, 3.05) is 33.4 Å². The second-order valence-electron chi connectivity index (χ2n) is 4.58. The number of carbonyl (C=O) groups excluding carboxylic acids is 1. The van der Waals surface area contributed by atoms with Crippen LogP contribution in [0.3, 0.4) is 0 Å². The molecule has 92 valence electrons. The third-order valence-corrected chi connectivity index (χ3v) is 3.34. The summed E-state index contributed by atoms with van der Waals surface area (Å²) in [6.45, 7) is 2.73. The van der Waals surface area contributed by atoms with E-state index in [9.17, 15) is 4.79 Å². The Morgan fingerprint density at radius 2 is 2.56 bits per heavy atom. The number of nitrogens with one attached hydrogen (secondary N) is 2. The molecule has 0 aromatic heterocycles. The molecule has 0 saturated carbocycles. The first-order valence-corrected chi connectivity index (χ1v) is 5.91. The molecule has 2 heterocycles. The number of piperidine rings is 1. The largest absolute Gasteiger partial charge is 0.371 e. The molecule has 0 bridgehead atoms. The Balaban J connectivity index is 1.76. The zero-order valence-electron chi connectivity index (χ0n) is 9.75. The van der Waals surface area contributed by atoms with Gasteiger partial charge in [-0.05, 0) is 19.4 Å². The molecule has 1 spiro atoms. The quantitative estimate of drug-likeness (QED) is 0.694. The van der Waals surface area contributed by atoms with Crippen molar-refractivity contribution in [3.8, 4) is 0 Å². The number of ether oxygens (including phenoxy) is 2. The first kappa shape index (κ1) is 11.8. The van der Waals surface area contributed by atoms with Crippen molar-refractivity contribution in [2.24, 2.45) is 0 Å². The summed E-state index contributed by atoms with van der Waals surface area (Å²) in [5.74, 6) is -0.0808. The van der Waals surface area contributed by atoms with Crippen LogP contribution in [0.4, 0.5) is 0 Å². The lowest BCUT2D eigenvalue weighted by atomic mass is 9.90. The second kappa shape index (κ2) is 5.12. The van der Waals surface area contributed by atoms with E-state index in [-0.39, 0.29) is 24.2 Å². The van der Waals surface area contributed by atoms with Gasteiger partial charge in [0.25, 0.3) is 0 Å². The van der Waals surface area contributed by atoms with Crippen LogP contribution in [-0.2, 0) is 14.3 Å². The molecule has 5 heteroatoms. The predicted octanol–water partition coefficient (Wildman–Crippen LogP) is -0.340. The highest BCUT2D eigenvalue weighted by molar-refractivity contribution is 5.76. The van der Waals surface area contributed by atoms with Gasteiger partial charge in [0.1, 0.15) is 6.61 Å². The van der Waals surface area contributed by atoms with E-state index < -0.39 is 0 Å². The summed E-state index contributed by atoms with van der Waals surface area (Å²) in [4.78, 5) is 11.0. The number of likely N-dealkylation sites (N-methyl/N-ethyl adjacent to an activating group) is 1. The van der Waals surface area contributed by atoms with Gasteiger partial charge >= 0.3 is 0 Å². The number of hydrogen-bond acceptors (Lipinski definition) is 4. The Morgan fingerprint density at radius 3 is 3.25 bits per heavy atom. The Bertz CT molecular complexity index is 252. The summed E-state index contributed by atoms with van der Waals surface area (Å²) in [7, 11) is 1.61. The van der Waals surface area contributed by atoms with Crippen molar-refractivity contribution in [2.45, 2.75) is 31.0 Å². The maximum absolute atomic E-state index is 11.0. The molecule has 2 aliphatic heterocycles. The van der Waals surface area contributed by atoms with Gasteiger partial charge in [0, 0.05) is 20.0 Å². The SMILES string of the molecule is CNC(=O)CO[C@@H]1CO[C@@]2(CCCNC2)C1. The molecule has 2 saturated heterocycles. The van der Waals surface area contributed by atoms with E-state index in [1.165, 1.54) is 0 Å². The predicted molar refractivity (Wildman–Crippen MR) is 59.2 cm³/mol. The zero-order chi connectivity index (χ0) is 11.4. The van der Waals surface area contributed by atoms with Gasteiger partial charge in [-0.15, -0.1) is 0 Å². The van der Waals surface area contributed by atoms with Gasteiger partial charge in [-0.25, -0.2) is 0 Å². The van der Waals surface area contributed by atoms with Crippen LogP contribution in [0.5, 0.6) is 0 Å². The third kappa shape index (κ3) is 2.72. The molecule has 2 fully saturated rings. The van der Waals surface area contributed by atoms with E-state index in [2.05, 4.69) is 10.6 Å². The standard InChI is InChI=1S/C11H20N2O3/c1-12-10(14)7-15-9-5-11(16-6-9)3-2-4-13-8-11/h9,13H,2-8H2,1H3,(H,12,14)/t9-,11-/m0/s1. The lowest BCUT2D eigenvalue weighted by Gasteiger charge is -2.32. The number of rotatable bonds is 3. The van der Waals surface area contributed by atoms with Crippen LogP contribution in [0.25, 0.3) is 0 Å². The van der Waals surface area contributed by atoms with Gasteiger partial charge < -0.3 is 20.1 Å². The number of hydrogen-bond donors (Lipinski definition) is 2. The third-order valence-electron chi connectivity index (χ3n) is 3.34. The Labute approximate surface area is 95.9 Å². The maximum atomic E-state index is 11.0. The minimum atomic E-state index is -0.0808. The first-order valence-electron chi connectivity index (χ1n) is 5.91. The number of carbonyl (C=O) groups is 1. The van der Waals surface area contributed by atoms with E-state index in [0.29, 0.717) is 6.61 Å². The van der Waals surface area contributed by atoms with Gasteiger partial charge in [0.2, 0.25) is 5.91 Å². The number of amides is 1. The van der Waals surface area contributed by atoms with E-state index in [1.54, 1.807) is 7.05 Å². The molecule has 2 rings (SSSR count). The second-order valence-corrected chi connectivity index (χ2v) is 4.58. The average molecular weight is 228 g/mol. The molecular weight excluding hydrogens is 208 g/mol. The Kier molecular flexibility index (Phi) is 3.78. The van der Waals surface area contributed by atoms with Crippen molar-refractivity contribution in [3.63, 3.8) is 0 Å². The Morgan fingerprint density at radius 1 is 1.69 bits per heavy atom. The maximum Gasteiger partial charge on any atom is 0.245 e. The highest BCUT2D eigenvalue weighted by Gasteiger charge is 2.41. The fourth-order valence-corrected chi connectivity index (χ4v) is 2.41. The topological polar surface area (TPSA) is 59.6 Å². The van der Waals surface area contributed by atoms with Crippen LogP contribution < -0.4 is 10.6 Å². The van der Waals surface area contributed by atoms with Gasteiger partial charge in [-0.3, -0.25) is 4.79 Å². The smallest absolute Gasteiger partial charge is 0.245 e. The van der Waals surface area contributed by atoms with E-state index in [0.717, 1.165) is 32.4 Å². The molecule has 2 N–H and O–H groups in total. The highest BCUT2D eigenvalue weighted by Crippen LogP contribution is 2.33.